The molecule has 1 fully saturated rings. The summed E-state index contributed by atoms with van der Waals surface area (Å²) in [6, 6.07) is 0. The third-order valence-electron chi connectivity index (χ3n) is 3.74. The number of carbonyl (C=O) groups excluding carboxylic acids is 1. The maximum atomic E-state index is 11.7. The van der Waals surface area contributed by atoms with Gasteiger partial charge in [-0.1, -0.05) is 5.16 Å². The molecule has 1 aromatic heterocycles. The van der Waals surface area contributed by atoms with E-state index in [-0.39, 0.29) is 30.1 Å². The molecular weight excluding hydrogens is 439 g/mol. The molecule has 2 heterocycles. The normalized spacial score (nSPS) is 14.9. The van der Waals surface area contributed by atoms with E-state index in [1.54, 1.807) is 11.9 Å². The van der Waals surface area contributed by atoms with Crippen LogP contribution in [0.25, 0.3) is 0 Å². The SMILES string of the molecule is CCOC(=O)N1CCN(C(=NC)NCCCc2nc(C)no2)CC1.I. The van der Waals surface area contributed by atoms with Crippen LogP contribution >= 0.6 is 24.0 Å². The largest absolute Gasteiger partial charge is 0.450 e. The van der Waals surface area contributed by atoms with Crippen molar-refractivity contribution >= 4 is 36.0 Å². The van der Waals surface area contributed by atoms with Gasteiger partial charge in [-0.25, -0.2) is 4.79 Å². The zero-order valence-electron chi connectivity index (χ0n) is 15.0. The molecule has 1 aliphatic heterocycles. The van der Waals surface area contributed by atoms with Gasteiger partial charge in [-0.05, 0) is 20.3 Å². The average molecular weight is 466 g/mol. The number of nitrogens with zero attached hydrogens (tertiary/aromatic N) is 5. The Labute approximate surface area is 165 Å². The van der Waals surface area contributed by atoms with E-state index in [1.807, 2.05) is 13.8 Å². The topological polar surface area (TPSA) is 96.1 Å². The van der Waals surface area contributed by atoms with Gasteiger partial charge in [0.2, 0.25) is 5.89 Å². The molecule has 0 bridgehead atoms. The van der Waals surface area contributed by atoms with Gasteiger partial charge >= 0.3 is 6.09 Å². The van der Waals surface area contributed by atoms with Crippen molar-refractivity contribution in [1.29, 1.82) is 0 Å². The molecule has 0 radical (unpaired) electrons. The third kappa shape index (κ3) is 6.67. The van der Waals surface area contributed by atoms with Gasteiger partial charge in [0.15, 0.2) is 11.8 Å². The zero-order chi connectivity index (χ0) is 17.4. The number of guanidine groups is 1. The number of rotatable bonds is 5. The highest BCUT2D eigenvalue weighted by Crippen LogP contribution is 2.05. The van der Waals surface area contributed by atoms with Crippen LogP contribution in [0.1, 0.15) is 25.1 Å². The fraction of sp³-hybridized carbons (Fsp3) is 0.733. The van der Waals surface area contributed by atoms with E-state index in [1.165, 1.54) is 0 Å². The summed E-state index contributed by atoms with van der Waals surface area (Å²) in [5.74, 6) is 2.17. The van der Waals surface area contributed by atoms with Gasteiger partial charge in [0.05, 0.1) is 6.61 Å². The average Bonchev–Trinajstić information content (AvgIpc) is 3.01. The highest BCUT2D eigenvalue weighted by molar-refractivity contribution is 14.0. The second kappa shape index (κ2) is 11.1. The first-order chi connectivity index (χ1) is 11.6. The van der Waals surface area contributed by atoms with Gasteiger partial charge in [-0.3, -0.25) is 4.99 Å². The molecule has 1 saturated heterocycles. The molecule has 25 heavy (non-hydrogen) atoms. The monoisotopic (exact) mass is 466 g/mol. The van der Waals surface area contributed by atoms with Gasteiger partial charge in [0.1, 0.15) is 0 Å². The highest BCUT2D eigenvalue weighted by Gasteiger charge is 2.23. The van der Waals surface area contributed by atoms with Crippen LogP contribution < -0.4 is 5.32 Å². The number of ether oxygens (including phenoxy) is 1. The first kappa shape index (κ1) is 21.5. The third-order valence-corrected chi connectivity index (χ3v) is 3.74. The van der Waals surface area contributed by atoms with Crippen LogP contribution in [-0.2, 0) is 11.2 Å². The van der Waals surface area contributed by atoms with Crippen molar-refractivity contribution in [2.75, 3.05) is 46.4 Å². The van der Waals surface area contributed by atoms with Crippen LogP contribution in [0, 0.1) is 6.92 Å². The molecule has 1 aliphatic rings. The second-order valence-corrected chi connectivity index (χ2v) is 5.49. The Kier molecular flexibility index (Phi) is 9.53. The van der Waals surface area contributed by atoms with E-state index in [0.717, 1.165) is 38.4 Å². The Morgan fingerprint density at radius 3 is 2.56 bits per heavy atom. The summed E-state index contributed by atoms with van der Waals surface area (Å²) in [6.07, 6.45) is 1.38. The predicted octanol–water partition coefficient (Wildman–Crippen LogP) is 1.28. The summed E-state index contributed by atoms with van der Waals surface area (Å²) >= 11 is 0. The zero-order valence-corrected chi connectivity index (χ0v) is 17.4. The lowest BCUT2D eigenvalue weighted by Crippen LogP contribution is -2.54. The predicted molar refractivity (Wildman–Crippen MR) is 104 cm³/mol. The van der Waals surface area contributed by atoms with Crippen LogP contribution in [0.5, 0.6) is 0 Å². The molecule has 0 atom stereocenters. The molecule has 142 valence electrons. The summed E-state index contributed by atoms with van der Waals surface area (Å²) in [5.41, 5.74) is 0. The van der Waals surface area contributed by atoms with Crippen LogP contribution in [0.4, 0.5) is 4.79 Å². The summed E-state index contributed by atoms with van der Waals surface area (Å²) in [7, 11) is 1.77. The number of amides is 1. The number of piperazine rings is 1. The minimum absolute atomic E-state index is 0. The van der Waals surface area contributed by atoms with Crippen molar-refractivity contribution in [3.05, 3.63) is 11.7 Å². The molecule has 1 amide bonds. The minimum atomic E-state index is -0.241. The molecule has 0 aromatic carbocycles. The molecule has 0 unspecified atom stereocenters. The molecule has 0 saturated carbocycles. The lowest BCUT2D eigenvalue weighted by Gasteiger charge is -2.35. The fourth-order valence-electron chi connectivity index (χ4n) is 2.53. The number of aryl methyl sites for hydroxylation is 2. The van der Waals surface area contributed by atoms with Crippen LogP contribution in [0.15, 0.2) is 9.52 Å². The maximum absolute atomic E-state index is 11.7. The van der Waals surface area contributed by atoms with Crippen LogP contribution in [0.3, 0.4) is 0 Å². The maximum Gasteiger partial charge on any atom is 0.409 e. The molecule has 10 heteroatoms. The first-order valence-electron chi connectivity index (χ1n) is 8.30. The Morgan fingerprint density at radius 1 is 1.32 bits per heavy atom. The number of aromatic nitrogens is 2. The van der Waals surface area contributed by atoms with E-state index in [2.05, 4.69) is 25.3 Å². The minimum Gasteiger partial charge on any atom is -0.450 e. The van der Waals surface area contributed by atoms with Crippen molar-refractivity contribution in [2.24, 2.45) is 4.99 Å². The molecule has 9 nitrogen and oxygen atoms in total. The summed E-state index contributed by atoms with van der Waals surface area (Å²) in [5, 5.41) is 7.11. The summed E-state index contributed by atoms with van der Waals surface area (Å²) < 4.78 is 10.1. The number of aliphatic imine (C=N–C) groups is 1. The van der Waals surface area contributed by atoms with Gasteiger partial charge in [0, 0.05) is 46.2 Å². The number of hydrogen-bond acceptors (Lipinski definition) is 6. The quantitative estimate of drug-likeness (QED) is 0.302. The summed E-state index contributed by atoms with van der Waals surface area (Å²) in [4.78, 5) is 24.1. The van der Waals surface area contributed by atoms with Gasteiger partial charge in [-0.2, -0.15) is 4.98 Å². The number of hydrogen-bond donors (Lipinski definition) is 1. The van der Waals surface area contributed by atoms with E-state index in [0.29, 0.717) is 31.4 Å². The summed E-state index contributed by atoms with van der Waals surface area (Å²) in [6.45, 7) is 7.55. The molecule has 2 rings (SSSR count). The number of carbonyl (C=O) groups is 1. The highest BCUT2D eigenvalue weighted by atomic mass is 127. The van der Waals surface area contributed by atoms with Gasteiger partial charge < -0.3 is 24.4 Å². The van der Waals surface area contributed by atoms with Crippen LogP contribution in [-0.4, -0.2) is 78.4 Å². The van der Waals surface area contributed by atoms with Crippen molar-refractivity contribution in [1.82, 2.24) is 25.3 Å². The molecular formula is C15H27IN6O3. The molecule has 1 N–H and O–H groups in total. The Hall–Kier alpha value is -1.59. The van der Waals surface area contributed by atoms with Crippen molar-refractivity contribution < 1.29 is 14.1 Å². The Balaban J connectivity index is 0.00000312. The molecule has 0 aliphatic carbocycles. The van der Waals surface area contributed by atoms with Crippen molar-refractivity contribution in [3.8, 4) is 0 Å². The van der Waals surface area contributed by atoms with E-state index < -0.39 is 0 Å². The lowest BCUT2D eigenvalue weighted by atomic mass is 10.3. The van der Waals surface area contributed by atoms with Crippen molar-refractivity contribution in [3.63, 3.8) is 0 Å². The van der Waals surface area contributed by atoms with Crippen molar-refractivity contribution in [2.45, 2.75) is 26.7 Å². The number of halogens is 1. The van der Waals surface area contributed by atoms with Gasteiger partial charge in [-0.15, -0.1) is 24.0 Å². The van der Waals surface area contributed by atoms with Crippen LogP contribution in [0.2, 0.25) is 0 Å². The Morgan fingerprint density at radius 2 is 2.00 bits per heavy atom. The number of nitrogens with one attached hydrogen (secondary N) is 1. The fourth-order valence-corrected chi connectivity index (χ4v) is 2.53. The second-order valence-electron chi connectivity index (χ2n) is 5.49. The first-order valence-corrected chi connectivity index (χ1v) is 8.30. The van der Waals surface area contributed by atoms with E-state index in [4.69, 9.17) is 9.26 Å². The van der Waals surface area contributed by atoms with E-state index in [9.17, 15) is 4.79 Å². The lowest BCUT2D eigenvalue weighted by molar-refractivity contribution is 0.0914. The molecule has 1 aromatic rings. The van der Waals surface area contributed by atoms with Gasteiger partial charge in [0.25, 0.3) is 0 Å². The standard InChI is InChI=1S/C15H26N6O3.HI/c1-4-23-15(22)21-10-8-20(9-11-21)14(16-3)17-7-5-6-13-18-12(2)19-24-13;/h4-11H2,1-3H3,(H,16,17);1H. The molecule has 0 spiro atoms. The Bertz CT molecular complexity index is 557. The van der Waals surface area contributed by atoms with E-state index >= 15 is 0 Å². The smallest absolute Gasteiger partial charge is 0.409 e.